The maximum Gasteiger partial charge on any atom is 0.352 e. The highest BCUT2D eigenvalue weighted by Crippen LogP contribution is 2.42. The van der Waals surface area contributed by atoms with Crippen LogP contribution in [0.15, 0.2) is 67.0 Å². The zero-order chi connectivity index (χ0) is 26.6. The summed E-state index contributed by atoms with van der Waals surface area (Å²) >= 11 is 0. The van der Waals surface area contributed by atoms with Crippen molar-refractivity contribution in [2.75, 3.05) is 36.5 Å². The first kappa shape index (κ1) is 25.8. The number of para-hydroxylation sites is 1. The van der Waals surface area contributed by atoms with E-state index in [1.165, 1.54) is 12.1 Å². The number of hydrogen-bond acceptors (Lipinski definition) is 6. The number of alkyl halides is 2. The molecule has 0 atom stereocenters. The van der Waals surface area contributed by atoms with Crippen LogP contribution < -0.4 is 10.2 Å². The number of halogens is 2. The normalized spacial score (nSPS) is 16.1. The van der Waals surface area contributed by atoms with E-state index in [0.29, 0.717) is 56.0 Å². The van der Waals surface area contributed by atoms with Gasteiger partial charge in [-0.3, -0.25) is 14.2 Å². The Morgan fingerprint density at radius 2 is 1.77 bits per heavy atom. The van der Waals surface area contributed by atoms with Crippen LogP contribution in [0.4, 0.5) is 20.3 Å². The van der Waals surface area contributed by atoms with Crippen molar-refractivity contribution in [1.29, 1.82) is 0 Å². The number of carbonyl (C=O) groups excluding carboxylic acids is 1. The number of aryl methyl sites for hydroxylation is 2. The molecule has 0 saturated carbocycles. The summed E-state index contributed by atoms with van der Waals surface area (Å²) < 4.78 is 36.5. The zero-order valence-electron chi connectivity index (χ0n) is 20.9. The Bertz CT molecular complexity index is 1750. The van der Waals surface area contributed by atoms with Crippen LogP contribution in [-0.4, -0.2) is 51.6 Å². The van der Waals surface area contributed by atoms with Crippen molar-refractivity contribution in [3.63, 3.8) is 0 Å². The van der Waals surface area contributed by atoms with Gasteiger partial charge in [-0.2, -0.15) is 8.78 Å². The second-order valence-electron chi connectivity index (χ2n) is 9.78. The fourth-order valence-electron chi connectivity index (χ4n) is 5.24. The Hall–Kier alpha value is -4.44. The fraction of sp³-hybridized carbons (Fsp3) is 0.267. The summed E-state index contributed by atoms with van der Waals surface area (Å²) in [5.41, 5.74) is 4.34. The highest BCUT2D eigenvalue weighted by atomic mass is 19.3. The SMILES string of the molecule is C.O=C1Nc2ccc(-c3cnc(N4CCOCC4)c4nc(CCc5ccc6ccccc6n5)cn34)cc2C1(F)F. The van der Waals surface area contributed by atoms with E-state index >= 15 is 0 Å². The number of rotatable bonds is 5. The predicted molar refractivity (Wildman–Crippen MR) is 150 cm³/mol. The van der Waals surface area contributed by atoms with Crippen LogP contribution in [0.2, 0.25) is 0 Å². The minimum absolute atomic E-state index is 0. The molecule has 5 aromatic rings. The van der Waals surface area contributed by atoms with Crippen molar-refractivity contribution in [1.82, 2.24) is 19.4 Å². The lowest BCUT2D eigenvalue weighted by molar-refractivity contribution is -0.139. The molecule has 5 heterocycles. The predicted octanol–water partition coefficient (Wildman–Crippen LogP) is 5.25. The van der Waals surface area contributed by atoms with Gasteiger partial charge in [0.25, 0.3) is 5.91 Å². The van der Waals surface area contributed by atoms with E-state index in [1.54, 1.807) is 12.3 Å². The Kier molecular flexibility index (Phi) is 6.42. The zero-order valence-corrected chi connectivity index (χ0v) is 20.9. The van der Waals surface area contributed by atoms with Crippen LogP contribution in [0.1, 0.15) is 24.4 Å². The van der Waals surface area contributed by atoms with E-state index in [0.717, 1.165) is 28.1 Å². The molecule has 1 N–H and O–H groups in total. The average Bonchev–Trinajstić information content (AvgIpc) is 3.49. The van der Waals surface area contributed by atoms with Crippen LogP contribution in [0.25, 0.3) is 27.8 Å². The minimum Gasteiger partial charge on any atom is -0.378 e. The van der Waals surface area contributed by atoms with E-state index in [4.69, 9.17) is 19.7 Å². The maximum absolute atomic E-state index is 14.5. The molecule has 3 aromatic heterocycles. The standard InChI is InChI=1S/C29H24F2N6O2.CH4/c30-29(31)22-15-19(6-10-24(22)35-28(29)38)25-16-32-26(36-11-13-39-14-12-36)27-34-21(17-37(25)27)9-8-20-7-5-18-3-1-2-4-23(18)33-20;/h1-7,10,15-17H,8-9,11-14H2,(H,35,38);1H4. The molecule has 0 spiro atoms. The number of carbonyl (C=O) groups is 1. The second-order valence-corrected chi connectivity index (χ2v) is 9.78. The largest absolute Gasteiger partial charge is 0.378 e. The third-order valence-electron chi connectivity index (χ3n) is 7.32. The summed E-state index contributed by atoms with van der Waals surface area (Å²) in [5.74, 6) is -4.17. The number of pyridine rings is 1. The molecule has 0 bridgehead atoms. The number of fused-ring (bicyclic) bond motifs is 3. The van der Waals surface area contributed by atoms with Gasteiger partial charge in [0.05, 0.1) is 47.6 Å². The first-order valence-electron chi connectivity index (χ1n) is 12.9. The fourth-order valence-corrected chi connectivity index (χ4v) is 5.24. The van der Waals surface area contributed by atoms with Gasteiger partial charge in [-0.05, 0) is 37.1 Å². The van der Waals surface area contributed by atoms with Crippen molar-refractivity contribution in [3.05, 3.63) is 83.9 Å². The number of aromatic nitrogens is 4. The third kappa shape index (κ3) is 4.34. The lowest BCUT2D eigenvalue weighted by Gasteiger charge is -2.28. The van der Waals surface area contributed by atoms with Gasteiger partial charge in [-0.1, -0.05) is 37.8 Å². The van der Waals surface area contributed by atoms with Crippen LogP contribution in [0, 0.1) is 0 Å². The second kappa shape index (κ2) is 9.95. The maximum atomic E-state index is 14.5. The molecule has 0 aliphatic carbocycles. The van der Waals surface area contributed by atoms with Gasteiger partial charge in [-0.15, -0.1) is 0 Å². The van der Waals surface area contributed by atoms with Crippen molar-refractivity contribution in [2.24, 2.45) is 0 Å². The van der Waals surface area contributed by atoms with E-state index in [-0.39, 0.29) is 18.7 Å². The number of ether oxygens (including phenoxy) is 1. The Morgan fingerprint density at radius 3 is 2.62 bits per heavy atom. The lowest BCUT2D eigenvalue weighted by atomic mass is 10.0. The van der Waals surface area contributed by atoms with Crippen LogP contribution in [-0.2, 0) is 28.3 Å². The summed E-state index contributed by atoms with van der Waals surface area (Å²) in [5, 5.41) is 3.35. The molecule has 1 amide bonds. The minimum atomic E-state index is -3.58. The van der Waals surface area contributed by atoms with Crippen molar-refractivity contribution < 1.29 is 18.3 Å². The molecule has 1 saturated heterocycles. The Morgan fingerprint density at radius 1 is 0.975 bits per heavy atom. The topological polar surface area (TPSA) is 84.7 Å². The summed E-state index contributed by atoms with van der Waals surface area (Å²) in [7, 11) is 0. The number of amides is 1. The molecule has 0 radical (unpaired) electrons. The van der Waals surface area contributed by atoms with Gasteiger partial charge < -0.3 is 15.0 Å². The highest BCUT2D eigenvalue weighted by molar-refractivity contribution is 6.04. The Balaban J connectivity index is 0.00000289. The number of hydrogen-bond donors (Lipinski definition) is 1. The van der Waals surface area contributed by atoms with Gasteiger partial charge >= 0.3 is 5.92 Å². The third-order valence-corrected chi connectivity index (χ3v) is 7.32. The molecule has 2 aromatic carbocycles. The highest BCUT2D eigenvalue weighted by Gasteiger charge is 2.48. The van der Waals surface area contributed by atoms with E-state index in [2.05, 4.69) is 16.3 Å². The number of imidazole rings is 1. The van der Waals surface area contributed by atoms with E-state index in [9.17, 15) is 13.6 Å². The molecule has 10 heteroatoms. The molecule has 2 aliphatic rings. The first-order chi connectivity index (χ1) is 19.0. The number of benzene rings is 2. The molecule has 7 rings (SSSR count). The molecule has 0 unspecified atom stereocenters. The first-order valence-corrected chi connectivity index (χ1v) is 12.9. The quantitative estimate of drug-likeness (QED) is 0.327. The van der Waals surface area contributed by atoms with Gasteiger partial charge in [0.1, 0.15) is 0 Å². The molecular formula is C30H28F2N6O2. The van der Waals surface area contributed by atoms with Crippen molar-refractivity contribution >= 4 is 34.0 Å². The van der Waals surface area contributed by atoms with Crippen molar-refractivity contribution in [3.8, 4) is 11.3 Å². The van der Waals surface area contributed by atoms with Crippen LogP contribution in [0.3, 0.4) is 0 Å². The molecule has 40 heavy (non-hydrogen) atoms. The van der Waals surface area contributed by atoms with Gasteiger partial charge in [-0.25, -0.2) is 9.97 Å². The summed E-state index contributed by atoms with van der Waals surface area (Å²) in [6.07, 6.45) is 4.96. The van der Waals surface area contributed by atoms with Crippen LogP contribution in [0.5, 0.6) is 0 Å². The van der Waals surface area contributed by atoms with Gasteiger partial charge in [0.2, 0.25) is 0 Å². The molecular weight excluding hydrogens is 514 g/mol. The molecule has 204 valence electrons. The number of nitrogens with zero attached hydrogens (tertiary/aromatic N) is 5. The average molecular weight is 543 g/mol. The van der Waals surface area contributed by atoms with Crippen LogP contribution >= 0.6 is 0 Å². The summed E-state index contributed by atoms with van der Waals surface area (Å²) in [6.45, 7) is 2.56. The number of anilines is 2. The van der Waals surface area contributed by atoms with E-state index in [1.807, 2.05) is 40.9 Å². The van der Waals surface area contributed by atoms with E-state index < -0.39 is 11.8 Å². The smallest absolute Gasteiger partial charge is 0.352 e. The van der Waals surface area contributed by atoms with Gasteiger partial charge in [0.15, 0.2) is 11.5 Å². The van der Waals surface area contributed by atoms with Crippen molar-refractivity contribution in [2.45, 2.75) is 26.2 Å². The monoisotopic (exact) mass is 542 g/mol. The lowest BCUT2D eigenvalue weighted by Crippen LogP contribution is -2.37. The molecule has 1 fully saturated rings. The Labute approximate surface area is 229 Å². The van der Waals surface area contributed by atoms with Gasteiger partial charge in [0, 0.05) is 35.9 Å². The summed E-state index contributed by atoms with van der Waals surface area (Å²) in [4.78, 5) is 28.4. The number of nitrogens with one attached hydrogen (secondary N) is 1. The molecule has 2 aliphatic heterocycles. The number of morpholine rings is 1. The summed E-state index contributed by atoms with van der Waals surface area (Å²) in [6, 6.07) is 16.7. The molecule has 8 nitrogen and oxygen atoms in total.